The minimum absolute atomic E-state index is 0.00241. The Morgan fingerprint density at radius 1 is 1.02 bits per heavy atom. The van der Waals surface area contributed by atoms with E-state index in [2.05, 4.69) is 25.6 Å². The molecule has 2 amide bonds. The standard InChI is InChI=1S/C33H34F3N5O5/c1-5-45-28-12-23(15-38-30(28)46-17-21-6-10-25(43-4)11-7-21)29-37-16-27(20(2)39-29)41-31(42)40-24-9-8-22(14-32(3)18-44-19-32)26(13-24)33(34,35)36/h6-13,15-16H,5,14,17-19H2,1-4H3,(H2,40,41,42). The van der Waals surface area contributed by atoms with Crippen molar-refractivity contribution in [3.63, 3.8) is 0 Å². The molecule has 1 aliphatic heterocycles. The highest BCUT2D eigenvalue weighted by Crippen LogP contribution is 2.39. The Bertz CT molecular complexity index is 1690. The number of hydrogen-bond acceptors (Lipinski definition) is 8. The predicted molar refractivity (Wildman–Crippen MR) is 165 cm³/mol. The molecule has 1 fully saturated rings. The third kappa shape index (κ3) is 7.83. The van der Waals surface area contributed by atoms with Crippen molar-refractivity contribution in [2.75, 3.05) is 37.6 Å². The number of urea groups is 1. The zero-order valence-electron chi connectivity index (χ0n) is 25.8. The number of ether oxygens (including phenoxy) is 4. The number of pyridine rings is 1. The Morgan fingerprint density at radius 2 is 1.78 bits per heavy atom. The van der Waals surface area contributed by atoms with Crippen LogP contribution in [0.2, 0.25) is 0 Å². The number of aryl methyl sites for hydroxylation is 1. The van der Waals surface area contributed by atoms with E-state index in [-0.39, 0.29) is 35.4 Å². The highest BCUT2D eigenvalue weighted by molar-refractivity contribution is 6.00. The number of benzene rings is 2. The molecule has 10 nitrogen and oxygen atoms in total. The molecule has 1 saturated heterocycles. The van der Waals surface area contributed by atoms with Gasteiger partial charge in [-0.25, -0.2) is 19.7 Å². The van der Waals surface area contributed by atoms with E-state index in [1.54, 1.807) is 26.3 Å². The topological polar surface area (TPSA) is 117 Å². The van der Waals surface area contributed by atoms with Crippen LogP contribution < -0.4 is 24.8 Å². The first-order valence-electron chi connectivity index (χ1n) is 14.5. The van der Waals surface area contributed by atoms with Crippen LogP contribution in [0.15, 0.2) is 60.9 Å². The third-order valence-corrected chi connectivity index (χ3v) is 7.33. The molecule has 0 radical (unpaired) electrons. The van der Waals surface area contributed by atoms with Crippen molar-refractivity contribution in [1.29, 1.82) is 0 Å². The van der Waals surface area contributed by atoms with Gasteiger partial charge in [0.25, 0.3) is 5.88 Å². The first-order chi connectivity index (χ1) is 22.0. The van der Waals surface area contributed by atoms with E-state index < -0.39 is 17.8 Å². The van der Waals surface area contributed by atoms with Gasteiger partial charge < -0.3 is 29.6 Å². The number of alkyl halides is 3. The van der Waals surface area contributed by atoms with Gasteiger partial charge in [-0.2, -0.15) is 13.2 Å². The highest BCUT2D eigenvalue weighted by atomic mass is 19.4. The molecule has 2 N–H and O–H groups in total. The molecular formula is C33H34F3N5O5. The number of amides is 2. The fourth-order valence-corrected chi connectivity index (χ4v) is 4.89. The molecule has 0 bridgehead atoms. The maximum atomic E-state index is 13.9. The average molecular weight is 638 g/mol. The van der Waals surface area contributed by atoms with Crippen LogP contribution in [0.1, 0.15) is 36.2 Å². The fourth-order valence-electron chi connectivity index (χ4n) is 4.89. The van der Waals surface area contributed by atoms with Crippen LogP contribution in [0.25, 0.3) is 11.4 Å². The molecule has 4 aromatic rings. The number of rotatable bonds is 11. The van der Waals surface area contributed by atoms with Crippen LogP contribution >= 0.6 is 0 Å². The van der Waals surface area contributed by atoms with Crippen molar-refractivity contribution in [3.05, 3.63) is 83.3 Å². The molecule has 0 saturated carbocycles. The lowest BCUT2D eigenvalue weighted by Crippen LogP contribution is -2.41. The molecule has 0 unspecified atom stereocenters. The number of methoxy groups -OCH3 is 1. The first kappa shape index (κ1) is 32.5. The molecule has 5 rings (SSSR count). The number of hydrogen-bond donors (Lipinski definition) is 2. The molecule has 0 spiro atoms. The molecule has 1 aliphatic rings. The second kappa shape index (κ2) is 13.6. The van der Waals surface area contributed by atoms with Crippen molar-refractivity contribution in [2.45, 2.75) is 40.0 Å². The van der Waals surface area contributed by atoms with Crippen molar-refractivity contribution < 1.29 is 36.9 Å². The number of nitrogens with one attached hydrogen (secondary N) is 2. The molecule has 46 heavy (non-hydrogen) atoms. The lowest BCUT2D eigenvalue weighted by Gasteiger charge is -2.38. The summed E-state index contributed by atoms with van der Waals surface area (Å²) in [5, 5.41) is 5.08. The van der Waals surface area contributed by atoms with Gasteiger partial charge >= 0.3 is 12.2 Å². The lowest BCUT2D eigenvalue weighted by molar-refractivity contribution is -0.139. The summed E-state index contributed by atoms with van der Waals surface area (Å²) >= 11 is 0. The minimum atomic E-state index is -4.58. The Balaban J connectivity index is 1.26. The van der Waals surface area contributed by atoms with Gasteiger partial charge in [0, 0.05) is 22.9 Å². The van der Waals surface area contributed by atoms with Gasteiger partial charge in [-0.05, 0) is 61.7 Å². The van der Waals surface area contributed by atoms with Crippen LogP contribution in [0.5, 0.6) is 17.4 Å². The monoisotopic (exact) mass is 637 g/mol. The van der Waals surface area contributed by atoms with Gasteiger partial charge in [0.2, 0.25) is 0 Å². The Morgan fingerprint density at radius 3 is 2.41 bits per heavy atom. The summed E-state index contributed by atoms with van der Waals surface area (Å²) in [6.07, 6.45) is -1.39. The summed E-state index contributed by atoms with van der Waals surface area (Å²) in [5.41, 5.74) is 1.22. The molecule has 242 valence electrons. The van der Waals surface area contributed by atoms with Crippen molar-refractivity contribution in [2.24, 2.45) is 5.41 Å². The van der Waals surface area contributed by atoms with Gasteiger partial charge in [0.15, 0.2) is 11.6 Å². The zero-order valence-corrected chi connectivity index (χ0v) is 25.8. The van der Waals surface area contributed by atoms with Crippen LogP contribution in [0.4, 0.5) is 29.3 Å². The fraction of sp³-hybridized carbons (Fsp3) is 0.333. The second-order valence-corrected chi connectivity index (χ2v) is 11.2. The zero-order chi connectivity index (χ0) is 32.9. The Kier molecular flexibility index (Phi) is 9.61. The number of carbonyl (C=O) groups excluding carboxylic acids is 1. The van der Waals surface area contributed by atoms with Crippen molar-refractivity contribution >= 4 is 17.4 Å². The van der Waals surface area contributed by atoms with Gasteiger partial charge in [0.05, 0.1) is 50.1 Å². The summed E-state index contributed by atoms with van der Waals surface area (Å²) in [7, 11) is 1.60. The van der Waals surface area contributed by atoms with Crippen molar-refractivity contribution in [3.8, 4) is 28.8 Å². The largest absolute Gasteiger partial charge is 0.497 e. The number of nitrogens with zero attached hydrogens (tertiary/aromatic N) is 3. The number of halogens is 3. The molecule has 0 atom stereocenters. The number of carbonyl (C=O) groups is 1. The van der Waals surface area contributed by atoms with Gasteiger partial charge in [-0.3, -0.25) is 0 Å². The quantitative estimate of drug-likeness (QED) is 0.179. The van der Waals surface area contributed by atoms with E-state index >= 15 is 0 Å². The van der Waals surface area contributed by atoms with Gasteiger partial charge in [-0.15, -0.1) is 0 Å². The first-order valence-corrected chi connectivity index (χ1v) is 14.5. The summed E-state index contributed by atoms with van der Waals surface area (Å²) in [5.74, 6) is 1.79. The maximum Gasteiger partial charge on any atom is 0.416 e. The van der Waals surface area contributed by atoms with E-state index in [0.717, 1.165) is 17.4 Å². The van der Waals surface area contributed by atoms with Crippen LogP contribution in [0.3, 0.4) is 0 Å². The van der Waals surface area contributed by atoms with Gasteiger partial charge in [0.1, 0.15) is 12.4 Å². The predicted octanol–water partition coefficient (Wildman–Crippen LogP) is 7.08. The van der Waals surface area contributed by atoms with Crippen LogP contribution in [0, 0.1) is 12.3 Å². The van der Waals surface area contributed by atoms with E-state index in [0.29, 0.717) is 48.5 Å². The summed E-state index contributed by atoms with van der Waals surface area (Å²) in [6, 6.07) is 12.2. The highest BCUT2D eigenvalue weighted by Gasteiger charge is 2.39. The lowest BCUT2D eigenvalue weighted by atomic mass is 9.80. The second-order valence-electron chi connectivity index (χ2n) is 11.2. The van der Waals surface area contributed by atoms with Crippen LogP contribution in [-0.4, -0.2) is 47.9 Å². The molecule has 2 aromatic carbocycles. The minimum Gasteiger partial charge on any atom is -0.497 e. The number of anilines is 2. The number of aromatic nitrogens is 3. The molecule has 0 aliphatic carbocycles. The SMILES string of the molecule is CCOc1cc(-c2ncc(NC(=O)Nc3ccc(CC4(C)COC4)c(C(F)(F)F)c3)c(C)n2)cnc1OCc1ccc(OC)cc1. The molecular weight excluding hydrogens is 603 g/mol. The normalized spacial score (nSPS) is 13.8. The third-order valence-electron chi connectivity index (χ3n) is 7.33. The summed E-state index contributed by atoms with van der Waals surface area (Å²) in [6.45, 7) is 6.86. The molecule has 2 aromatic heterocycles. The smallest absolute Gasteiger partial charge is 0.416 e. The molecule has 3 heterocycles. The average Bonchev–Trinajstić information content (AvgIpc) is 3.01. The van der Waals surface area contributed by atoms with Gasteiger partial charge in [-0.1, -0.05) is 25.1 Å². The van der Waals surface area contributed by atoms with E-state index in [1.165, 1.54) is 18.3 Å². The van der Waals surface area contributed by atoms with E-state index in [1.807, 2.05) is 38.1 Å². The maximum absolute atomic E-state index is 13.9. The van der Waals surface area contributed by atoms with E-state index in [4.69, 9.17) is 18.9 Å². The summed E-state index contributed by atoms with van der Waals surface area (Å²) < 4.78 is 63.6. The van der Waals surface area contributed by atoms with E-state index in [9.17, 15) is 18.0 Å². The Labute approximate surface area is 264 Å². The molecule has 13 heteroatoms. The van der Waals surface area contributed by atoms with Crippen LogP contribution in [-0.2, 0) is 23.9 Å². The Hall–Kier alpha value is -4.91. The van der Waals surface area contributed by atoms with Crippen molar-refractivity contribution in [1.82, 2.24) is 15.0 Å². The summed E-state index contributed by atoms with van der Waals surface area (Å²) in [4.78, 5) is 26.0.